The summed E-state index contributed by atoms with van der Waals surface area (Å²) < 4.78 is 0. The van der Waals surface area contributed by atoms with Gasteiger partial charge in [0.25, 0.3) is 0 Å². The summed E-state index contributed by atoms with van der Waals surface area (Å²) in [4.78, 5) is 14.0. The molecule has 14 heavy (non-hydrogen) atoms. The fourth-order valence-corrected chi connectivity index (χ4v) is 2.39. The van der Waals surface area contributed by atoms with E-state index in [1.807, 2.05) is 11.2 Å². The number of piperidine rings is 1. The minimum atomic E-state index is -0.00148. The number of nitrogens with zero attached hydrogens (tertiary/aromatic N) is 1. The zero-order valence-corrected chi connectivity index (χ0v) is 10.00. The zero-order chi connectivity index (χ0) is 10.6. The maximum Gasteiger partial charge on any atom is 0.233 e. The van der Waals surface area contributed by atoms with E-state index in [2.05, 4.69) is 0 Å². The molecule has 2 N–H and O–H groups in total. The lowest BCUT2D eigenvalue weighted by molar-refractivity contribution is -0.130. The first-order valence-electron chi connectivity index (χ1n) is 4.74. The Kier molecular flexibility index (Phi) is 4.68. The van der Waals surface area contributed by atoms with Crippen molar-refractivity contribution in [3.05, 3.63) is 0 Å². The van der Waals surface area contributed by atoms with Gasteiger partial charge in [-0.05, 0) is 25.5 Å². The highest BCUT2D eigenvalue weighted by atomic mass is 32.2. The van der Waals surface area contributed by atoms with Gasteiger partial charge in [0, 0.05) is 6.54 Å². The van der Waals surface area contributed by atoms with Crippen molar-refractivity contribution in [2.45, 2.75) is 25.3 Å². The molecule has 1 rings (SSSR count). The van der Waals surface area contributed by atoms with Gasteiger partial charge in [0.15, 0.2) is 0 Å². The van der Waals surface area contributed by atoms with E-state index in [0.717, 1.165) is 25.8 Å². The molecule has 1 heterocycles. The van der Waals surface area contributed by atoms with Crippen LogP contribution >= 0.6 is 24.0 Å². The molecule has 0 aromatic rings. The molecule has 0 saturated carbocycles. The van der Waals surface area contributed by atoms with E-state index in [9.17, 15) is 4.79 Å². The first kappa shape index (κ1) is 11.8. The molecule has 1 amide bonds. The highest BCUT2D eigenvalue weighted by Gasteiger charge is 2.27. The van der Waals surface area contributed by atoms with Crippen LogP contribution < -0.4 is 5.73 Å². The van der Waals surface area contributed by atoms with Crippen molar-refractivity contribution in [1.82, 2.24) is 4.90 Å². The van der Waals surface area contributed by atoms with E-state index in [1.54, 1.807) is 11.8 Å². The lowest BCUT2D eigenvalue weighted by Gasteiger charge is -2.34. The molecule has 5 heteroatoms. The molecular formula is C9H16N2OS2. The number of carbonyl (C=O) groups excluding carboxylic acids is 1. The molecular weight excluding hydrogens is 216 g/mol. The van der Waals surface area contributed by atoms with Crippen LogP contribution in [0.15, 0.2) is 0 Å². The molecule has 1 atom stereocenters. The number of thiocarbonyl (C=S) groups is 1. The van der Waals surface area contributed by atoms with Crippen molar-refractivity contribution in [1.29, 1.82) is 0 Å². The summed E-state index contributed by atoms with van der Waals surface area (Å²) >= 11 is 6.51. The molecule has 1 saturated heterocycles. The van der Waals surface area contributed by atoms with Crippen LogP contribution in [0.2, 0.25) is 0 Å². The molecule has 0 spiro atoms. The Balaban J connectivity index is 2.62. The average Bonchev–Trinajstić information content (AvgIpc) is 2.18. The van der Waals surface area contributed by atoms with Gasteiger partial charge in [-0.25, -0.2) is 0 Å². The lowest BCUT2D eigenvalue weighted by atomic mass is 10.0. The van der Waals surface area contributed by atoms with Gasteiger partial charge >= 0.3 is 0 Å². The SMILES string of the molecule is CSCC(=O)N1CCCCC1C(N)=S. The van der Waals surface area contributed by atoms with Gasteiger partial charge in [0.1, 0.15) is 0 Å². The topological polar surface area (TPSA) is 46.3 Å². The molecule has 0 radical (unpaired) electrons. The normalized spacial score (nSPS) is 22.1. The number of likely N-dealkylation sites (tertiary alicyclic amines) is 1. The molecule has 80 valence electrons. The third kappa shape index (κ3) is 2.85. The minimum absolute atomic E-state index is 0.00148. The number of thioether (sulfide) groups is 1. The van der Waals surface area contributed by atoms with Gasteiger partial charge in [-0.1, -0.05) is 12.2 Å². The van der Waals surface area contributed by atoms with E-state index < -0.39 is 0 Å². The zero-order valence-electron chi connectivity index (χ0n) is 8.36. The highest BCUT2D eigenvalue weighted by Crippen LogP contribution is 2.18. The fraction of sp³-hybridized carbons (Fsp3) is 0.778. The van der Waals surface area contributed by atoms with E-state index in [-0.39, 0.29) is 11.9 Å². The maximum atomic E-state index is 11.7. The van der Waals surface area contributed by atoms with Crippen molar-refractivity contribution in [3.63, 3.8) is 0 Å². The molecule has 1 fully saturated rings. The van der Waals surface area contributed by atoms with Gasteiger partial charge in [0.05, 0.1) is 16.8 Å². The lowest BCUT2D eigenvalue weighted by Crippen LogP contribution is -2.50. The first-order valence-corrected chi connectivity index (χ1v) is 6.54. The Hall–Kier alpha value is -0.290. The summed E-state index contributed by atoms with van der Waals surface area (Å²) in [5.74, 6) is 0.689. The monoisotopic (exact) mass is 232 g/mol. The highest BCUT2D eigenvalue weighted by molar-refractivity contribution is 7.99. The molecule has 0 bridgehead atoms. The standard InChI is InChI=1S/C9H16N2OS2/c1-14-6-8(12)11-5-3-2-4-7(11)9(10)13/h7H,2-6H2,1H3,(H2,10,13). The Morgan fingerprint density at radius 3 is 2.93 bits per heavy atom. The Bertz CT molecular complexity index is 233. The van der Waals surface area contributed by atoms with Crippen LogP contribution in [0.1, 0.15) is 19.3 Å². The van der Waals surface area contributed by atoms with Crippen LogP contribution in [-0.2, 0) is 4.79 Å². The van der Waals surface area contributed by atoms with Crippen molar-refractivity contribution in [2.75, 3.05) is 18.6 Å². The van der Waals surface area contributed by atoms with Crippen molar-refractivity contribution in [3.8, 4) is 0 Å². The summed E-state index contributed by atoms with van der Waals surface area (Å²) in [6.45, 7) is 0.807. The number of hydrogen-bond acceptors (Lipinski definition) is 3. The van der Waals surface area contributed by atoms with Crippen molar-refractivity contribution >= 4 is 34.9 Å². The largest absolute Gasteiger partial charge is 0.392 e. The maximum absolute atomic E-state index is 11.7. The molecule has 1 aliphatic heterocycles. The second-order valence-electron chi connectivity index (χ2n) is 3.43. The van der Waals surface area contributed by atoms with Gasteiger partial charge in [-0.15, -0.1) is 0 Å². The van der Waals surface area contributed by atoms with Crippen LogP contribution in [0.4, 0.5) is 0 Å². The summed E-state index contributed by atoms with van der Waals surface area (Å²) in [7, 11) is 0. The van der Waals surface area contributed by atoms with Crippen LogP contribution in [-0.4, -0.2) is 40.4 Å². The minimum Gasteiger partial charge on any atom is -0.392 e. The van der Waals surface area contributed by atoms with E-state index in [4.69, 9.17) is 18.0 Å². The summed E-state index contributed by atoms with van der Waals surface area (Å²) in [6, 6.07) is -0.00148. The first-order chi connectivity index (χ1) is 6.66. The van der Waals surface area contributed by atoms with Crippen LogP contribution in [0.25, 0.3) is 0 Å². The third-order valence-corrected chi connectivity index (χ3v) is 3.23. The smallest absolute Gasteiger partial charge is 0.233 e. The number of hydrogen-bond donors (Lipinski definition) is 1. The molecule has 0 aliphatic carbocycles. The number of rotatable bonds is 3. The fourth-order valence-electron chi connectivity index (χ4n) is 1.73. The van der Waals surface area contributed by atoms with E-state index in [0.29, 0.717) is 10.7 Å². The van der Waals surface area contributed by atoms with Crippen LogP contribution in [0.5, 0.6) is 0 Å². The van der Waals surface area contributed by atoms with Gasteiger partial charge in [-0.2, -0.15) is 11.8 Å². The average molecular weight is 232 g/mol. The van der Waals surface area contributed by atoms with Gasteiger partial charge in [0.2, 0.25) is 5.91 Å². The molecule has 0 aromatic heterocycles. The van der Waals surface area contributed by atoms with E-state index >= 15 is 0 Å². The Morgan fingerprint density at radius 2 is 2.36 bits per heavy atom. The second-order valence-corrected chi connectivity index (χ2v) is 4.77. The molecule has 0 aromatic carbocycles. The van der Waals surface area contributed by atoms with Gasteiger partial charge in [-0.3, -0.25) is 4.79 Å². The number of nitrogens with two attached hydrogens (primary N) is 1. The molecule has 3 nitrogen and oxygen atoms in total. The third-order valence-electron chi connectivity index (χ3n) is 2.42. The molecule has 1 unspecified atom stereocenters. The summed E-state index contributed by atoms with van der Waals surface area (Å²) in [6.07, 6.45) is 5.04. The second kappa shape index (κ2) is 5.56. The quantitative estimate of drug-likeness (QED) is 0.738. The summed E-state index contributed by atoms with van der Waals surface area (Å²) in [5, 5.41) is 0. The molecule has 1 aliphatic rings. The predicted octanol–water partition coefficient (Wildman–Crippen LogP) is 1.02. The number of amides is 1. The van der Waals surface area contributed by atoms with Gasteiger partial charge < -0.3 is 10.6 Å². The number of carbonyl (C=O) groups is 1. The summed E-state index contributed by atoms with van der Waals surface area (Å²) in [5.41, 5.74) is 5.62. The van der Waals surface area contributed by atoms with Crippen LogP contribution in [0, 0.1) is 0 Å². The van der Waals surface area contributed by atoms with E-state index in [1.165, 1.54) is 0 Å². The van der Waals surface area contributed by atoms with Crippen molar-refractivity contribution in [2.24, 2.45) is 5.73 Å². The Labute approximate surface area is 94.4 Å². The Morgan fingerprint density at radius 1 is 1.64 bits per heavy atom. The van der Waals surface area contributed by atoms with Crippen LogP contribution in [0.3, 0.4) is 0 Å². The predicted molar refractivity (Wildman–Crippen MR) is 64.5 cm³/mol. The van der Waals surface area contributed by atoms with Crippen molar-refractivity contribution < 1.29 is 4.79 Å².